The molecular formula is C15H30N2. The lowest BCUT2D eigenvalue weighted by molar-refractivity contribution is 0.0406. The standard InChI is InChI=1S/C15H30N2/c1-4-17(11-13-6-5-7-13)15-9-8-14(15)10-16-12(2)3/h12-16H,4-11H2,1-3H3. The van der Waals surface area contributed by atoms with E-state index in [0.717, 1.165) is 17.9 Å². The van der Waals surface area contributed by atoms with E-state index in [-0.39, 0.29) is 0 Å². The Bertz CT molecular complexity index is 223. The van der Waals surface area contributed by atoms with Crippen molar-refractivity contribution in [1.29, 1.82) is 0 Å². The third kappa shape index (κ3) is 3.45. The predicted molar refractivity (Wildman–Crippen MR) is 74.2 cm³/mol. The maximum atomic E-state index is 3.61. The summed E-state index contributed by atoms with van der Waals surface area (Å²) in [4.78, 5) is 2.76. The number of hydrogen-bond donors (Lipinski definition) is 1. The molecule has 2 unspecified atom stereocenters. The molecule has 17 heavy (non-hydrogen) atoms. The third-order valence-electron chi connectivity index (χ3n) is 4.76. The van der Waals surface area contributed by atoms with Crippen molar-refractivity contribution in [1.82, 2.24) is 10.2 Å². The van der Waals surface area contributed by atoms with Crippen LogP contribution in [-0.2, 0) is 0 Å². The molecule has 1 N–H and O–H groups in total. The van der Waals surface area contributed by atoms with E-state index in [1.54, 1.807) is 0 Å². The maximum absolute atomic E-state index is 3.61. The first-order valence-corrected chi connectivity index (χ1v) is 7.68. The van der Waals surface area contributed by atoms with Gasteiger partial charge in [0, 0.05) is 18.6 Å². The molecule has 0 aromatic carbocycles. The van der Waals surface area contributed by atoms with Crippen LogP contribution >= 0.6 is 0 Å². The number of nitrogens with zero attached hydrogens (tertiary/aromatic N) is 1. The molecule has 2 saturated carbocycles. The number of hydrogen-bond acceptors (Lipinski definition) is 2. The number of rotatable bonds is 7. The van der Waals surface area contributed by atoms with E-state index >= 15 is 0 Å². The summed E-state index contributed by atoms with van der Waals surface area (Å²) < 4.78 is 0. The van der Waals surface area contributed by atoms with E-state index in [2.05, 4.69) is 31.0 Å². The fourth-order valence-electron chi connectivity index (χ4n) is 3.16. The van der Waals surface area contributed by atoms with Gasteiger partial charge in [0.15, 0.2) is 0 Å². The molecule has 0 aromatic heterocycles. The lowest BCUT2D eigenvalue weighted by Crippen LogP contribution is -2.52. The molecule has 0 spiro atoms. The Kier molecular flexibility index (Phi) is 4.87. The van der Waals surface area contributed by atoms with Crippen LogP contribution in [0, 0.1) is 11.8 Å². The normalized spacial score (nSPS) is 29.5. The largest absolute Gasteiger partial charge is 0.314 e. The Balaban J connectivity index is 1.74. The van der Waals surface area contributed by atoms with Crippen LogP contribution in [0.15, 0.2) is 0 Å². The van der Waals surface area contributed by atoms with Gasteiger partial charge in [0.2, 0.25) is 0 Å². The molecule has 2 aliphatic carbocycles. The van der Waals surface area contributed by atoms with Gasteiger partial charge in [-0.1, -0.05) is 27.2 Å². The van der Waals surface area contributed by atoms with Crippen LogP contribution < -0.4 is 5.32 Å². The van der Waals surface area contributed by atoms with Crippen LogP contribution in [0.1, 0.15) is 52.9 Å². The average molecular weight is 238 g/mol. The minimum Gasteiger partial charge on any atom is -0.314 e. The van der Waals surface area contributed by atoms with Gasteiger partial charge in [0.25, 0.3) is 0 Å². The summed E-state index contributed by atoms with van der Waals surface area (Å²) in [6.45, 7) is 10.7. The quantitative estimate of drug-likeness (QED) is 0.733. The van der Waals surface area contributed by atoms with Crippen molar-refractivity contribution < 1.29 is 0 Å². The molecule has 0 amide bonds. The third-order valence-corrected chi connectivity index (χ3v) is 4.76. The summed E-state index contributed by atoms with van der Waals surface area (Å²) in [7, 11) is 0. The Morgan fingerprint density at radius 3 is 2.35 bits per heavy atom. The van der Waals surface area contributed by atoms with Gasteiger partial charge in [-0.15, -0.1) is 0 Å². The van der Waals surface area contributed by atoms with Crippen LogP contribution in [0.3, 0.4) is 0 Å². The van der Waals surface area contributed by atoms with Crippen molar-refractivity contribution in [2.45, 2.75) is 65.0 Å². The highest BCUT2D eigenvalue weighted by atomic mass is 15.2. The lowest BCUT2D eigenvalue weighted by Gasteiger charge is -2.46. The Labute approximate surface area is 107 Å². The second-order valence-corrected chi connectivity index (χ2v) is 6.35. The van der Waals surface area contributed by atoms with Crippen LogP contribution in [-0.4, -0.2) is 36.6 Å². The summed E-state index contributed by atoms with van der Waals surface area (Å²) in [6.07, 6.45) is 7.32. The molecule has 0 heterocycles. The summed E-state index contributed by atoms with van der Waals surface area (Å²) >= 11 is 0. The minimum absolute atomic E-state index is 0.637. The van der Waals surface area contributed by atoms with E-state index in [4.69, 9.17) is 0 Å². The van der Waals surface area contributed by atoms with Crippen molar-refractivity contribution >= 4 is 0 Å². The lowest BCUT2D eigenvalue weighted by atomic mass is 9.76. The maximum Gasteiger partial charge on any atom is 0.0136 e. The molecule has 0 aromatic rings. The van der Waals surface area contributed by atoms with Gasteiger partial charge in [-0.3, -0.25) is 0 Å². The molecule has 2 atom stereocenters. The molecule has 100 valence electrons. The van der Waals surface area contributed by atoms with Gasteiger partial charge in [0.05, 0.1) is 0 Å². The SMILES string of the molecule is CCN(CC1CCC1)C1CCC1CNC(C)C. The molecule has 0 aliphatic heterocycles. The van der Waals surface area contributed by atoms with E-state index in [1.807, 2.05) is 0 Å². The highest BCUT2D eigenvalue weighted by Gasteiger charge is 2.35. The second kappa shape index (κ2) is 6.19. The van der Waals surface area contributed by atoms with E-state index in [1.165, 1.54) is 51.7 Å². The van der Waals surface area contributed by atoms with Crippen molar-refractivity contribution in [2.24, 2.45) is 11.8 Å². The molecule has 2 aliphatic rings. The Hall–Kier alpha value is -0.0800. The molecule has 2 nitrogen and oxygen atoms in total. The molecule has 2 heteroatoms. The zero-order chi connectivity index (χ0) is 12.3. The zero-order valence-corrected chi connectivity index (χ0v) is 11.9. The first-order valence-electron chi connectivity index (χ1n) is 7.68. The molecule has 2 fully saturated rings. The van der Waals surface area contributed by atoms with Gasteiger partial charge in [-0.05, 0) is 50.6 Å². The zero-order valence-electron chi connectivity index (χ0n) is 11.9. The van der Waals surface area contributed by atoms with Gasteiger partial charge in [0.1, 0.15) is 0 Å². The molecule has 0 radical (unpaired) electrons. The van der Waals surface area contributed by atoms with Crippen LogP contribution in [0.25, 0.3) is 0 Å². The highest BCUT2D eigenvalue weighted by molar-refractivity contribution is 4.91. The summed E-state index contributed by atoms with van der Waals surface area (Å²) in [5.41, 5.74) is 0. The fraction of sp³-hybridized carbons (Fsp3) is 1.00. The summed E-state index contributed by atoms with van der Waals surface area (Å²) in [6, 6.07) is 1.52. The topological polar surface area (TPSA) is 15.3 Å². The first kappa shape index (κ1) is 13.4. The summed E-state index contributed by atoms with van der Waals surface area (Å²) in [5, 5.41) is 3.61. The second-order valence-electron chi connectivity index (χ2n) is 6.35. The van der Waals surface area contributed by atoms with Crippen molar-refractivity contribution in [3.8, 4) is 0 Å². The fourth-order valence-corrected chi connectivity index (χ4v) is 3.16. The van der Waals surface area contributed by atoms with Crippen LogP contribution in [0.4, 0.5) is 0 Å². The smallest absolute Gasteiger partial charge is 0.0136 e. The van der Waals surface area contributed by atoms with Gasteiger partial charge in [-0.2, -0.15) is 0 Å². The molecular weight excluding hydrogens is 208 g/mol. The average Bonchev–Trinajstić information content (AvgIpc) is 2.19. The van der Waals surface area contributed by atoms with E-state index < -0.39 is 0 Å². The number of nitrogens with one attached hydrogen (secondary N) is 1. The monoisotopic (exact) mass is 238 g/mol. The van der Waals surface area contributed by atoms with Crippen molar-refractivity contribution in [2.75, 3.05) is 19.6 Å². The van der Waals surface area contributed by atoms with Crippen LogP contribution in [0.2, 0.25) is 0 Å². The van der Waals surface area contributed by atoms with Gasteiger partial charge < -0.3 is 10.2 Å². The van der Waals surface area contributed by atoms with E-state index in [0.29, 0.717) is 6.04 Å². The van der Waals surface area contributed by atoms with Crippen molar-refractivity contribution in [3.63, 3.8) is 0 Å². The summed E-state index contributed by atoms with van der Waals surface area (Å²) in [5.74, 6) is 1.94. The Morgan fingerprint density at radius 1 is 1.18 bits per heavy atom. The molecule has 0 bridgehead atoms. The highest BCUT2D eigenvalue weighted by Crippen LogP contribution is 2.35. The van der Waals surface area contributed by atoms with Gasteiger partial charge in [-0.25, -0.2) is 0 Å². The van der Waals surface area contributed by atoms with Crippen molar-refractivity contribution in [3.05, 3.63) is 0 Å². The molecule has 0 saturated heterocycles. The molecule has 2 rings (SSSR count). The van der Waals surface area contributed by atoms with Crippen LogP contribution in [0.5, 0.6) is 0 Å². The first-order chi connectivity index (χ1) is 8.20. The van der Waals surface area contributed by atoms with Gasteiger partial charge >= 0.3 is 0 Å². The minimum atomic E-state index is 0.637. The Morgan fingerprint density at radius 2 is 1.94 bits per heavy atom. The predicted octanol–water partition coefficient (Wildman–Crippen LogP) is 2.89. The van der Waals surface area contributed by atoms with E-state index in [9.17, 15) is 0 Å².